The number of carbonyl (C=O) groups excluding carboxylic acids is 1. The number of amides is 1. The number of para-hydroxylation sites is 1. The molecule has 6 nitrogen and oxygen atoms in total. The van der Waals surface area contributed by atoms with Crippen LogP contribution in [0.15, 0.2) is 47.8 Å². The maximum absolute atomic E-state index is 13.0. The highest BCUT2D eigenvalue weighted by Gasteiger charge is 2.16. The molecule has 0 aliphatic carbocycles. The van der Waals surface area contributed by atoms with Gasteiger partial charge in [0, 0.05) is 30.7 Å². The van der Waals surface area contributed by atoms with Crippen LogP contribution in [-0.2, 0) is 11.3 Å². The Morgan fingerprint density at radius 2 is 1.87 bits per heavy atom. The van der Waals surface area contributed by atoms with Crippen molar-refractivity contribution in [3.8, 4) is 0 Å². The van der Waals surface area contributed by atoms with Crippen LogP contribution in [0.25, 0.3) is 0 Å². The smallest absolute Gasteiger partial charge is 0.259 e. The number of hydrogen-bond donors (Lipinski definition) is 2. The number of morpholine rings is 1. The molecule has 1 aromatic heterocycles. The lowest BCUT2D eigenvalue weighted by molar-refractivity contribution is 0.0337. The number of thiazole rings is 1. The second-order valence-corrected chi connectivity index (χ2v) is 8.26. The van der Waals surface area contributed by atoms with Gasteiger partial charge < -0.3 is 10.1 Å². The molecule has 156 valence electrons. The molecule has 1 saturated heterocycles. The maximum Gasteiger partial charge on any atom is 0.259 e. The van der Waals surface area contributed by atoms with Crippen LogP contribution in [0.2, 0.25) is 0 Å². The largest absolute Gasteiger partial charge is 0.379 e. The normalized spacial score (nSPS) is 14.5. The molecule has 0 atom stereocenters. The molecule has 0 spiro atoms. The number of carbonyl (C=O) groups is 1. The number of aromatic nitrogens is 1. The quantitative estimate of drug-likeness (QED) is 0.608. The molecule has 2 aromatic carbocycles. The minimum absolute atomic E-state index is 0.171. The number of aryl methyl sites for hydroxylation is 1. The highest BCUT2D eigenvalue weighted by Crippen LogP contribution is 2.26. The topological polar surface area (TPSA) is 66.5 Å². The van der Waals surface area contributed by atoms with E-state index in [0.29, 0.717) is 10.7 Å². The summed E-state index contributed by atoms with van der Waals surface area (Å²) in [7, 11) is 0. The van der Waals surface area contributed by atoms with Crippen molar-refractivity contribution in [3.63, 3.8) is 0 Å². The molecule has 3 aromatic rings. The molecular weight excluding hydrogens is 396 g/mol. The van der Waals surface area contributed by atoms with Gasteiger partial charge in [-0.2, -0.15) is 0 Å². The lowest BCUT2D eigenvalue weighted by Gasteiger charge is -2.25. The summed E-state index contributed by atoms with van der Waals surface area (Å²) in [5, 5.41) is 8.99. The Bertz CT molecular complexity index is 1030. The standard InChI is InChI=1S/C23H26N4O2S/c1-16-6-5-9-20(17(16)2)25-21-8-4-3-7-19(21)22(28)26-23-24-18(15-30-23)14-27-10-12-29-13-11-27/h3-9,15,25H,10-14H2,1-2H3,(H,24,26,28). The summed E-state index contributed by atoms with van der Waals surface area (Å²) in [6.45, 7) is 8.28. The van der Waals surface area contributed by atoms with Gasteiger partial charge in [-0.15, -0.1) is 11.3 Å². The highest BCUT2D eigenvalue weighted by atomic mass is 32.1. The van der Waals surface area contributed by atoms with Crippen LogP contribution in [0, 0.1) is 13.8 Å². The molecule has 1 fully saturated rings. The van der Waals surface area contributed by atoms with E-state index in [1.807, 2.05) is 41.8 Å². The first-order valence-corrected chi connectivity index (χ1v) is 11.0. The molecule has 0 unspecified atom stereocenters. The van der Waals surface area contributed by atoms with Crippen molar-refractivity contribution in [2.24, 2.45) is 0 Å². The van der Waals surface area contributed by atoms with Crippen molar-refractivity contribution in [2.75, 3.05) is 36.9 Å². The van der Waals surface area contributed by atoms with Crippen LogP contribution < -0.4 is 10.6 Å². The van der Waals surface area contributed by atoms with Gasteiger partial charge in [0.15, 0.2) is 5.13 Å². The van der Waals surface area contributed by atoms with E-state index < -0.39 is 0 Å². The first-order chi connectivity index (χ1) is 14.6. The van der Waals surface area contributed by atoms with Crippen LogP contribution in [0.3, 0.4) is 0 Å². The maximum atomic E-state index is 13.0. The molecule has 4 rings (SSSR count). The average molecular weight is 423 g/mol. The van der Waals surface area contributed by atoms with Crippen molar-refractivity contribution in [2.45, 2.75) is 20.4 Å². The van der Waals surface area contributed by atoms with Gasteiger partial charge in [0.1, 0.15) is 0 Å². The molecule has 0 saturated carbocycles. The summed E-state index contributed by atoms with van der Waals surface area (Å²) >= 11 is 1.45. The van der Waals surface area contributed by atoms with Gasteiger partial charge in [-0.3, -0.25) is 15.0 Å². The fourth-order valence-corrected chi connectivity index (χ4v) is 4.11. The van der Waals surface area contributed by atoms with Crippen molar-refractivity contribution in [3.05, 3.63) is 70.2 Å². The zero-order chi connectivity index (χ0) is 20.9. The van der Waals surface area contributed by atoms with E-state index in [4.69, 9.17) is 4.74 Å². The molecule has 7 heteroatoms. The van der Waals surface area contributed by atoms with Crippen LogP contribution >= 0.6 is 11.3 Å². The van der Waals surface area contributed by atoms with Crippen molar-refractivity contribution in [1.29, 1.82) is 0 Å². The predicted octanol–water partition coefficient (Wildman–Crippen LogP) is 4.59. The Morgan fingerprint density at radius 3 is 2.70 bits per heavy atom. The van der Waals surface area contributed by atoms with Crippen LogP contribution in [0.5, 0.6) is 0 Å². The molecular formula is C23H26N4O2S. The fourth-order valence-electron chi connectivity index (χ4n) is 3.41. The van der Waals surface area contributed by atoms with E-state index in [1.54, 1.807) is 0 Å². The van der Waals surface area contributed by atoms with E-state index >= 15 is 0 Å². The third-order valence-corrected chi connectivity index (χ3v) is 6.11. The van der Waals surface area contributed by atoms with Gasteiger partial charge in [0.25, 0.3) is 5.91 Å². The van der Waals surface area contributed by atoms with Gasteiger partial charge in [-0.05, 0) is 43.2 Å². The van der Waals surface area contributed by atoms with Crippen molar-refractivity contribution >= 4 is 33.8 Å². The summed E-state index contributed by atoms with van der Waals surface area (Å²) in [6.07, 6.45) is 0. The molecule has 2 heterocycles. The van der Waals surface area contributed by atoms with Gasteiger partial charge >= 0.3 is 0 Å². The van der Waals surface area contributed by atoms with E-state index in [-0.39, 0.29) is 5.91 Å². The lowest BCUT2D eigenvalue weighted by atomic mass is 10.1. The van der Waals surface area contributed by atoms with Crippen LogP contribution in [-0.4, -0.2) is 42.1 Å². The summed E-state index contributed by atoms with van der Waals surface area (Å²) < 4.78 is 5.39. The zero-order valence-corrected chi connectivity index (χ0v) is 18.1. The third-order valence-electron chi connectivity index (χ3n) is 5.31. The number of hydrogen-bond acceptors (Lipinski definition) is 6. The number of nitrogens with zero attached hydrogens (tertiary/aromatic N) is 2. The van der Waals surface area contributed by atoms with E-state index in [9.17, 15) is 4.79 Å². The lowest BCUT2D eigenvalue weighted by Crippen LogP contribution is -2.35. The second kappa shape index (κ2) is 9.38. The predicted molar refractivity (Wildman–Crippen MR) is 122 cm³/mol. The molecule has 0 radical (unpaired) electrons. The number of ether oxygens (including phenoxy) is 1. The van der Waals surface area contributed by atoms with E-state index in [1.165, 1.54) is 22.5 Å². The Balaban J connectivity index is 1.46. The van der Waals surface area contributed by atoms with Crippen molar-refractivity contribution in [1.82, 2.24) is 9.88 Å². The van der Waals surface area contributed by atoms with E-state index in [0.717, 1.165) is 49.9 Å². The average Bonchev–Trinajstić information content (AvgIpc) is 3.19. The zero-order valence-electron chi connectivity index (χ0n) is 17.3. The second-order valence-electron chi connectivity index (χ2n) is 7.40. The van der Waals surface area contributed by atoms with Gasteiger partial charge in [0.05, 0.1) is 30.2 Å². The third kappa shape index (κ3) is 4.87. The van der Waals surface area contributed by atoms with Gasteiger partial charge in [0.2, 0.25) is 0 Å². The molecule has 0 bridgehead atoms. The number of nitrogens with one attached hydrogen (secondary N) is 2. The Hall–Kier alpha value is -2.74. The number of anilines is 3. The Morgan fingerprint density at radius 1 is 1.10 bits per heavy atom. The Kier molecular flexibility index (Phi) is 6.42. The van der Waals surface area contributed by atoms with Gasteiger partial charge in [-0.25, -0.2) is 4.98 Å². The molecule has 1 amide bonds. The fraction of sp³-hybridized carbons (Fsp3) is 0.304. The van der Waals surface area contributed by atoms with E-state index in [2.05, 4.69) is 40.4 Å². The van der Waals surface area contributed by atoms with Gasteiger partial charge in [-0.1, -0.05) is 24.3 Å². The van der Waals surface area contributed by atoms with Crippen LogP contribution in [0.4, 0.5) is 16.5 Å². The minimum atomic E-state index is -0.171. The number of benzene rings is 2. The highest BCUT2D eigenvalue weighted by molar-refractivity contribution is 7.14. The first kappa shape index (κ1) is 20.5. The Labute approximate surface area is 180 Å². The monoisotopic (exact) mass is 422 g/mol. The minimum Gasteiger partial charge on any atom is -0.379 e. The molecule has 2 N–H and O–H groups in total. The number of rotatable bonds is 6. The summed E-state index contributed by atoms with van der Waals surface area (Å²) in [6, 6.07) is 13.7. The summed E-state index contributed by atoms with van der Waals surface area (Å²) in [4.78, 5) is 19.9. The molecule has 30 heavy (non-hydrogen) atoms. The summed E-state index contributed by atoms with van der Waals surface area (Å²) in [5.74, 6) is -0.171. The molecule has 1 aliphatic heterocycles. The summed E-state index contributed by atoms with van der Waals surface area (Å²) in [5.41, 5.74) is 5.70. The SMILES string of the molecule is Cc1cccc(Nc2ccccc2C(=O)Nc2nc(CN3CCOCC3)cs2)c1C. The molecule has 1 aliphatic rings. The first-order valence-electron chi connectivity index (χ1n) is 10.1. The van der Waals surface area contributed by atoms with Crippen molar-refractivity contribution < 1.29 is 9.53 Å². The van der Waals surface area contributed by atoms with Crippen LogP contribution in [0.1, 0.15) is 27.2 Å².